The number of aliphatic hydroxyl groups is 1. The van der Waals surface area contributed by atoms with E-state index >= 15 is 0 Å². The summed E-state index contributed by atoms with van der Waals surface area (Å²) < 4.78 is 0. The summed E-state index contributed by atoms with van der Waals surface area (Å²) in [7, 11) is 0. The van der Waals surface area contributed by atoms with Crippen LogP contribution in [0.3, 0.4) is 0 Å². The molecular weight excluding hydrogens is 352 g/mol. The third-order valence-electron chi connectivity index (χ3n) is 0.356. The van der Waals surface area contributed by atoms with Crippen LogP contribution in [0.2, 0.25) is 0 Å². The molecule has 54 valence electrons. The first kappa shape index (κ1) is 22.5. The van der Waals surface area contributed by atoms with Crippen molar-refractivity contribution in [3.05, 3.63) is 0 Å². The predicted octanol–water partition coefficient (Wildman–Crippen LogP) is -5.39. The molecular formula is C3H6Br3ClMgO. The summed E-state index contributed by atoms with van der Waals surface area (Å²) in [6.45, 7) is 0. The van der Waals surface area contributed by atoms with Crippen molar-refractivity contribution in [3.8, 4) is 0 Å². The standard InChI is InChI=1S/C3H6BrClO.2BrH.Mg/c4-1-3(6)2-5;;;/h3,6H,1-2H2;2*1H;/q;;;+2/p-2. The molecule has 0 saturated heterocycles. The largest absolute Gasteiger partial charge is 2.00 e. The first-order valence-electron chi connectivity index (χ1n) is 1.61. The molecule has 0 aliphatic rings. The average molecular weight is 358 g/mol. The van der Waals surface area contributed by atoms with Crippen molar-refractivity contribution in [2.24, 2.45) is 0 Å². The molecule has 0 heterocycles. The molecule has 0 radical (unpaired) electrons. The molecule has 1 N–H and O–H groups in total. The van der Waals surface area contributed by atoms with E-state index in [9.17, 15) is 0 Å². The average Bonchev–Trinajstić information content (AvgIpc) is 1.65. The molecule has 0 aromatic rings. The SMILES string of the molecule is OC(CCl)CBr.[Br-].[Br-].[Mg+2]. The van der Waals surface area contributed by atoms with Crippen LogP contribution in [0.1, 0.15) is 0 Å². The maximum atomic E-state index is 8.49. The van der Waals surface area contributed by atoms with Crippen molar-refractivity contribution < 1.29 is 39.1 Å². The Balaban J connectivity index is -0.0000000417. The smallest absolute Gasteiger partial charge is 1.00 e. The number of rotatable bonds is 2. The molecule has 0 aliphatic carbocycles. The Bertz CT molecular complexity index is 38.2. The summed E-state index contributed by atoms with van der Waals surface area (Å²) in [4.78, 5) is 0. The van der Waals surface area contributed by atoms with E-state index in [1.807, 2.05) is 0 Å². The van der Waals surface area contributed by atoms with Crippen LogP contribution in [0.4, 0.5) is 0 Å². The Kier molecular flexibility index (Phi) is 42.1. The Morgan fingerprint density at radius 3 is 1.78 bits per heavy atom. The number of aliphatic hydroxyl groups excluding tert-OH is 1. The van der Waals surface area contributed by atoms with Gasteiger partial charge in [-0.25, -0.2) is 0 Å². The summed E-state index contributed by atoms with van der Waals surface area (Å²) in [5.41, 5.74) is 0. The minimum absolute atomic E-state index is 0. The van der Waals surface area contributed by atoms with Gasteiger partial charge < -0.3 is 39.1 Å². The van der Waals surface area contributed by atoms with E-state index in [-0.39, 0.29) is 63.1 Å². The van der Waals surface area contributed by atoms with Gasteiger partial charge in [-0.3, -0.25) is 0 Å². The summed E-state index contributed by atoms with van der Waals surface area (Å²) in [5.74, 6) is 0.311. The van der Waals surface area contributed by atoms with E-state index in [1.165, 1.54) is 0 Å². The summed E-state index contributed by atoms with van der Waals surface area (Å²) in [5, 5.41) is 9.05. The molecule has 0 aromatic carbocycles. The van der Waals surface area contributed by atoms with Gasteiger partial charge in [0.25, 0.3) is 0 Å². The summed E-state index contributed by atoms with van der Waals surface area (Å²) >= 11 is 8.21. The quantitative estimate of drug-likeness (QED) is 0.387. The number of halogens is 4. The maximum absolute atomic E-state index is 8.49. The van der Waals surface area contributed by atoms with E-state index in [0.717, 1.165) is 0 Å². The van der Waals surface area contributed by atoms with E-state index in [2.05, 4.69) is 15.9 Å². The molecule has 1 nitrogen and oxygen atoms in total. The first-order valence-corrected chi connectivity index (χ1v) is 3.27. The van der Waals surface area contributed by atoms with Gasteiger partial charge >= 0.3 is 23.1 Å². The monoisotopic (exact) mass is 354 g/mol. The van der Waals surface area contributed by atoms with Crippen molar-refractivity contribution in [2.75, 3.05) is 11.2 Å². The van der Waals surface area contributed by atoms with Crippen molar-refractivity contribution in [2.45, 2.75) is 6.10 Å². The van der Waals surface area contributed by atoms with Gasteiger partial charge in [-0.05, 0) is 0 Å². The van der Waals surface area contributed by atoms with E-state index in [1.54, 1.807) is 0 Å². The molecule has 0 bridgehead atoms. The minimum atomic E-state index is -0.383. The second-order valence-corrected chi connectivity index (χ2v) is 1.92. The van der Waals surface area contributed by atoms with E-state index in [4.69, 9.17) is 16.7 Å². The van der Waals surface area contributed by atoms with Gasteiger partial charge in [0.2, 0.25) is 0 Å². The molecule has 0 fully saturated rings. The van der Waals surface area contributed by atoms with Crippen molar-refractivity contribution in [3.63, 3.8) is 0 Å². The van der Waals surface area contributed by atoms with Gasteiger partial charge in [0.1, 0.15) is 0 Å². The zero-order chi connectivity index (χ0) is 4.99. The third-order valence-corrected chi connectivity index (χ3v) is 1.46. The van der Waals surface area contributed by atoms with Crippen molar-refractivity contribution >= 4 is 50.6 Å². The fraction of sp³-hybridized carbons (Fsp3) is 1.00. The molecule has 9 heavy (non-hydrogen) atoms. The van der Waals surface area contributed by atoms with Crippen molar-refractivity contribution in [1.29, 1.82) is 0 Å². The topological polar surface area (TPSA) is 20.2 Å². The molecule has 1 atom stereocenters. The van der Waals surface area contributed by atoms with Gasteiger partial charge in [-0.1, -0.05) is 15.9 Å². The summed E-state index contributed by atoms with van der Waals surface area (Å²) in [6, 6.07) is 0. The molecule has 0 amide bonds. The zero-order valence-corrected chi connectivity index (χ0v) is 11.6. The molecule has 0 spiro atoms. The minimum Gasteiger partial charge on any atom is -1.00 e. The number of hydrogen-bond acceptors (Lipinski definition) is 1. The predicted molar refractivity (Wildman–Crippen MR) is 36.3 cm³/mol. The van der Waals surface area contributed by atoms with Crippen LogP contribution in [0.5, 0.6) is 0 Å². The second kappa shape index (κ2) is 16.8. The fourth-order valence-electron chi connectivity index (χ4n) is 0.0412. The third kappa shape index (κ3) is 17.9. The molecule has 0 saturated carbocycles. The van der Waals surface area contributed by atoms with Crippen LogP contribution in [0, 0.1) is 0 Å². The molecule has 0 aliphatic heterocycles. The van der Waals surface area contributed by atoms with Gasteiger partial charge in [0.15, 0.2) is 0 Å². The van der Waals surface area contributed by atoms with Gasteiger partial charge in [0.05, 0.1) is 6.10 Å². The summed E-state index contributed by atoms with van der Waals surface area (Å²) in [6.07, 6.45) is -0.383. The van der Waals surface area contributed by atoms with E-state index < -0.39 is 0 Å². The molecule has 0 aromatic heterocycles. The van der Waals surface area contributed by atoms with Crippen LogP contribution in [-0.2, 0) is 0 Å². The van der Waals surface area contributed by atoms with Gasteiger partial charge in [0, 0.05) is 11.2 Å². The fourth-order valence-corrected chi connectivity index (χ4v) is 0.643. The van der Waals surface area contributed by atoms with Crippen LogP contribution < -0.4 is 34.0 Å². The molecule has 6 heteroatoms. The Morgan fingerprint density at radius 1 is 1.44 bits per heavy atom. The van der Waals surface area contributed by atoms with Crippen molar-refractivity contribution in [1.82, 2.24) is 0 Å². The Morgan fingerprint density at radius 2 is 1.78 bits per heavy atom. The number of alkyl halides is 2. The van der Waals surface area contributed by atoms with Crippen LogP contribution in [0.25, 0.3) is 0 Å². The van der Waals surface area contributed by atoms with Gasteiger partial charge in [-0.2, -0.15) is 0 Å². The van der Waals surface area contributed by atoms with E-state index in [0.29, 0.717) is 11.2 Å². The maximum Gasteiger partial charge on any atom is 2.00 e. The molecule has 1 unspecified atom stereocenters. The zero-order valence-electron chi connectivity index (χ0n) is 4.66. The van der Waals surface area contributed by atoms with Crippen LogP contribution in [-0.4, -0.2) is 45.5 Å². The van der Waals surface area contributed by atoms with Crippen LogP contribution in [0.15, 0.2) is 0 Å². The second-order valence-electron chi connectivity index (χ2n) is 0.962. The number of hydrogen-bond donors (Lipinski definition) is 1. The Hall–Kier alpha value is 2.46. The Labute approximate surface area is 106 Å². The van der Waals surface area contributed by atoms with Crippen LogP contribution >= 0.6 is 27.5 Å². The normalized spacial score (nSPS) is 9.67. The van der Waals surface area contributed by atoms with Gasteiger partial charge in [-0.15, -0.1) is 11.6 Å². The first-order chi connectivity index (χ1) is 2.81. The molecule has 0 rings (SSSR count).